The fourth-order valence-corrected chi connectivity index (χ4v) is 8.67. The highest BCUT2D eigenvalue weighted by molar-refractivity contribution is 7.90. The molecule has 3 fully saturated rings. The van der Waals surface area contributed by atoms with E-state index in [2.05, 4.69) is 37.0 Å². The number of amides is 2. The minimum Gasteiger partial charge on any atom is -0.497 e. The lowest BCUT2D eigenvalue weighted by molar-refractivity contribution is -0.701. The van der Waals surface area contributed by atoms with Crippen molar-refractivity contribution in [2.24, 2.45) is 0 Å². The minimum absolute atomic E-state index is 0.0109. The van der Waals surface area contributed by atoms with Gasteiger partial charge in [-0.25, -0.2) is 22.7 Å². The molecule has 2 aliphatic heterocycles. The van der Waals surface area contributed by atoms with Crippen molar-refractivity contribution in [3.05, 3.63) is 70.8 Å². The molecule has 0 radical (unpaired) electrons. The van der Waals surface area contributed by atoms with E-state index >= 15 is 0 Å². The maximum atomic E-state index is 14.3. The minimum atomic E-state index is -3.82. The van der Waals surface area contributed by atoms with Crippen LogP contribution in [0.2, 0.25) is 0 Å². The van der Waals surface area contributed by atoms with Crippen LogP contribution >= 0.6 is 0 Å². The van der Waals surface area contributed by atoms with E-state index in [1.54, 1.807) is 27.0 Å². The monoisotopic (exact) mass is 712 g/mol. The Balaban J connectivity index is 1.34. The van der Waals surface area contributed by atoms with Gasteiger partial charge in [0.25, 0.3) is 11.8 Å². The number of carbonyl (C=O) groups excluding carboxylic acids is 2. The molecule has 2 amide bonds. The third kappa shape index (κ3) is 6.16. The number of benzene rings is 2. The molecule has 2 aromatic carbocycles. The molecular formula is C39H46N5O6S+. The van der Waals surface area contributed by atoms with Crippen molar-refractivity contribution in [3.8, 4) is 17.0 Å². The summed E-state index contributed by atoms with van der Waals surface area (Å²) in [6.45, 7) is 5.65. The molecule has 12 heteroatoms. The fourth-order valence-electron chi connectivity index (χ4n) is 8.06. The number of rotatable bonds is 8. The van der Waals surface area contributed by atoms with Crippen LogP contribution in [0.4, 0.5) is 0 Å². The molecule has 2 aliphatic carbocycles. The first-order valence-corrected chi connectivity index (χ1v) is 19.8. The summed E-state index contributed by atoms with van der Waals surface area (Å²) < 4.78 is 43.4. The van der Waals surface area contributed by atoms with Gasteiger partial charge in [0, 0.05) is 40.7 Å². The van der Waals surface area contributed by atoms with E-state index in [0.29, 0.717) is 44.5 Å². The lowest BCUT2D eigenvalue weighted by Gasteiger charge is -2.26. The van der Waals surface area contributed by atoms with E-state index in [-0.39, 0.29) is 17.5 Å². The summed E-state index contributed by atoms with van der Waals surface area (Å²) in [4.78, 5) is 33.2. The molecule has 2 saturated carbocycles. The van der Waals surface area contributed by atoms with Gasteiger partial charge in [0.05, 0.1) is 37.8 Å². The number of imidazole rings is 1. The molecule has 11 nitrogen and oxygen atoms in total. The lowest BCUT2D eigenvalue weighted by Crippen LogP contribution is -2.47. The summed E-state index contributed by atoms with van der Waals surface area (Å²) in [7, 11) is -2.16. The number of methoxy groups -OCH3 is 1. The summed E-state index contributed by atoms with van der Waals surface area (Å²) in [6, 6.07) is 12.0. The quantitative estimate of drug-likeness (QED) is 0.222. The Morgan fingerprint density at radius 1 is 1.02 bits per heavy atom. The summed E-state index contributed by atoms with van der Waals surface area (Å²) in [5.74, 6) is 0.407. The van der Waals surface area contributed by atoms with E-state index in [1.807, 2.05) is 29.4 Å². The Morgan fingerprint density at radius 3 is 2.49 bits per heavy atom. The average molecular weight is 713 g/mol. The maximum absolute atomic E-state index is 14.3. The molecule has 0 unspecified atom stereocenters. The molecule has 268 valence electrons. The van der Waals surface area contributed by atoms with E-state index in [0.717, 1.165) is 83.3 Å². The molecule has 2 N–H and O–H groups in total. The molecule has 4 aromatic rings. The summed E-state index contributed by atoms with van der Waals surface area (Å²) in [5.41, 5.74) is 7.90. The Labute approximate surface area is 298 Å². The zero-order valence-electron chi connectivity index (χ0n) is 29.5. The zero-order valence-corrected chi connectivity index (χ0v) is 30.4. The number of aromatic nitrogens is 3. The van der Waals surface area contributed by atoms with Crippen LogP contribution in [0.5, 0.6) is 5.75 Å². The number of nitrogens with zero attached hydrogens (tertiary/aromatic N) is 3. The Bertz CT molecular complexity index is 2160. The number of aromatic amines is 1. The number of H-pyrrole nitrogens is 1. The first-order chi connectivity index (χ1) is 24.6. The van der Waals surface area contributed by atoms with Crippen LogP contribution in [-0.2, 0) is 21.3 Å². The van der Waals surface area contributed by atoms with E-state index < -0.39 is 21.2 Å². The van der Waals surface area contributed by atoms with Crippen molar-refractivity contribution in [2.45, 2.75) is 82.5 Å². The highest BCUT2D eigenvalue weighted by Crippen LogP contribution is 2.48. The van der Waals surface area contributed by atoms with Crippen LogP contribution in [0.1, 0.15) is 108 Å². The Morgan fingerprint density at radius 2 is 1.78 bits per heavy atom. The van der Waals surface area contributed by atoms with Crippen LogP contribution < -0.4 is 14.0 Å². The zero-order chi connectivity index (χ0) is 35.4. The predicted octanol–water partition coefficient (Wildman–Crippen LogP) is 5.81. The number of hydrogen-bond donors (Lipinski definition) is 2. The van der Waals surface area contributed by atoms with Gasteiger partial charge in [-0.15, -0.1) is 0 Å². The molecule has 0 spiro atoms. The second-order valence-electron chi connectivity index (χ2n) is 14.6. The van der Waals surface area contributed by atoms with Gasteiger partial charge in [-0.1, -0.05) is 25.3 Å². The van der Waals surface area contributed by atoms with Crippen LogP contribution in [0, 0.1) is 0 Å². The second kappa shape index (κ2) is 13.3. The molecule has 1 saturated heterocycles. The van der Waals surface area contributed by atoms with Crippen molar-refractivity contribution in [3.63, 3.8) is 0 Å². The highest BCUT2D eigenvalue weighted by atomic mass is 32.2. The maximum Gasteiger partial charge on any atom is 0.298 e. The van der Waals surface area contributed by atoms with Crippen molar-refractivity contribution in [1.82, 2.24) is 19.2 Å². The molecule has 8 rings (SSSR count). The smallest absolute Gasteiger partial charge is 0.298 e. The third-order valence-electron chi connectivity index (χ3n) is 11.0. The number of carbonyl (C=O) groups is 2. The van der Waals surface area contributed by atoms with Crippen molar-refractivity contribution in [2.75, 3.05) is 33.4 Å². The molecule has 4 aliphatic rings. The SMILES string of the molecule is COc1ccc2c(c1)C=C(c1[nH]c[n+](C3CC3)c1C(=O)N1CCOCC1)Cn1c-2c(C2CCCCC2)c2ccc(C(=O)NS(=O)(=O)C(C)C)cc21. The van der Waals surface area contributed by atoms with Gasteiger partial charge in [0.15, 0.2) is 5.69 Å². The molecule has 0 bridgehead atoms. The molecule has 0 atom stereocenters. The van der Waals surface area contributed by atoms with Crippen molar-refractivity contribution >= 4 is 44.4 Å². The number of fused-ring (bicyclic) bond motifs is 5. The second-order valence-corrected chi connectivity index (χ2v) is 16.8. The summed E-state index contributed by atoms with van der Waals surface area (Å²) in [5, 5.41) is 0.315. The topological polar surface area (TPSA) is 127 Å². The standard InChI is InChI=1S/C39H45N5O6S/c1-24(2)51(47,48)41-38(45)26-9-13-32-33(21-26)43-22-28(35-37(44(23-40-35)29-10-11-29)39(46)42-15-17-50-18-16-42)19-27-20-30(49-3)12-14-31(27)36(43)34(32)25-7-5-4-6-8-25/h9,12-14,19-21,23-25,29H,4-8,10-11,15-18,22H2,1-3H3,(H,41,45)/p+1. The van der Waals surface area contributed by atoms with Gasteiger partial charge < -0.3 is 18.9 Å². The summed E-state index contributed by atoms with van der Waals surface area (Å²) in [6.07, 6.45) is 11.8. The van der Waals surface area contributed by atoms with Gasteiger partial charge >= 0.3 is 0 Å². The van der Waals surface area contributed by atoms with Gasteiger partial charge in [-0.05, 0) is 93.0 Å². The van der Waals surface area contributed by atoms with Gasteiger partial charge in [0.2, 0.25) is 22.0 Å². The number of nitrogens with one attached hydrogen (secondary N) is 2. The van der Waals surface area contributed by atoms with Crippen LogP contribution in [-0.4, -0.2) is 73.3 Å². The number of ether oxygens (including phenoxy) is 2. The highest BCUT2D eigenvalue weighted by Gasteiger charge is 2.40. The molecule has 51 heavy (non-hydrogen) atoms. The largest absolute Gasteiger partial charge is 0.497 e. The average Bonchev–Trinajstić information content (AvgIpc) is 3.85. The fraction of sp³-hybridized carbons (Fsp3) is 0.462. The Kier molecular flexibility index (Phi) is 8.78. The first-order valence-electron chi connectivity index (χ1n) is 18.3. The van der Waals surface area contributed by atoms with Crippen molar-refractivity contribution < 1.29 is 32.0 Å². The van der Waals surface area contributed by atoms with Gasteiger partial charge in [0.1, 0.15) is 11.8 Å². The molecule has 4 heterocycles. The van der Waals surface area contributed by atoms with E-state index in [1.165, 1.54) is 12.0 Å². The third-order valence-corrected chi connectivity index (χ3v) is 12.7. The first kappa shape index (κ1) is 33.7. The number of sulfonamides is 1. The normalized spacial score (nSPS) is 18.3. The van der Waals surface area contributed by atoms with Crippen LogP contribution in [0.25, 0.3) is 33.8 Å². The number of hydrogen-bond acceptors (Lipinski definition) is 6. The number of allylic oxidation sites excluding steroid dienone is 1. The molecular weight excluding hydrogens is 667 g/mol. The van der Waals surface area contributed by atoms with Gasteiger partial charge in [-0.2, -0.15) is 0 Å². The molecule has 2 aromatic heterocycles. The van der Waals surface area contributed by atoms with Gasteiger partial charge in [-0.3, -0.25) is 9.59 Å². The predicted molar refractivity (Wildman–Crippen MR) is 195 cm³/mol. The van der Waals surface area contributed by atoms with Crippen molar-refractivity contribution in [1.29, 1.82) is 0 Å². The Hall–Kier alpha value is -4.42. The summed E-state index contributed by atoms with van der Waals surface area (Å²) >= 11 is 0. The van der Waals surface area contributed by atoms with Crippen LogP contribution in [0.3, 0.4) is 0 Å². The van der Waals surface area contributed by atoms with E-state index in [4.69, 9.17) is 9.47 Å². The van der Waals surface area contributed by atoms with E-state index in [9.17, 15) is 18.0 Å². The number of morpholine rings is 1. The lowest BCUT2D eigenvalue weighted by atomic mass is 9.81. The van der Waals surface area contributed by atoms with Crippen LogP contribution in [0.15, 0.2) is 42.7 Å².